The lowest BCUT2D eigenvalue weighted by atomic mass is 9.74. The van der Waals surface area contributed by atoms with Crippen molar-refractivity contribution in [2.45, 2.75) is 25.2 Å². The molecule has 25 heavy (non-hydrogen) atoms. The van der Waals surface area contributed by atoms with Crippen molar-refractivity contribution in [2.24, 2.45) is 0 Å². The number of aryl methyl sites for hydroxylation is 1. The number of halogens is 1. The predicted molar refractivity (Wildman–Crippen MR) is 109 cm³/mol. The van der Waals surface area contributed by atoms with E-state index in [2.05, 4.69) is 88.7 Å². The molecule has 3 aromatic rings. The van der Waals surface area contributed by atoms with Gasteiger partial charge in [0.25, 0.3) is 0 Å². The first kappa shape index (κ1) is 15.2. The zero-order chi connectivity index (χ0) is 16.8. The van der Waals surface area contributed by atoms with Crippen LogP contribution in [0.5, 0.6) is 0 Å². The van der Waals surface area contributed by atoms with E-state index in [4.69, 9.17) is 0 Å². The third kappa shape index (κ3) is 2.49. The maximum atomic E-state index is 3.57. The van der Waals surface area contributed by atoms with Crippen LogP contribution in [0.3, 0.4) is 0 Å². The SMILES string of the molecule is Brc1ccc(C2CC=Cc3ccc4c(c32)CCc2ccccc2-4)cc1. The molecule has 0 saturated carbocycles. The molecule has 3 aromatic carbocycles. The summed E-state index contributed by atoms with van der Waals surface area (Å²) in [5, 5.41) is 0. The van der Waals surface area contributed by atoms with Crippen LogP contribution >= 0.6 is 15.9 Å². The number of fused-ring (bicyclic) bond motifs is 5. The first-order valence-electron chi connectivity index (χ1n) is 8.97. The Balaban J connectivity index is 1.72. The fourth-order valence-electron chi connectivity index (χ4n) is 4.47. The Labute approximate surface area is 157 Å². The number of hydrogen-bond acceptors (Lipinski definition) is 0. The van der Waals surface area contributed by atoms with Crippen molar-refractivity contribution in [1.82, 2.24) is 0 Å². The summed E-state index contributed by atoms with van der Waals surface area (Å²) < 4.78 is 1.15. The molecule has 1 unspecified atom stereocenters. The van der Waals surface area contributed by atoms with Gasteiger partial charge in [0.15, 0.2) is 0 Å². The maximum absolute atomic E-state index is 3.57. The lowest BCUT2D eigenvalue weighted by Crippen LogP contribution is -2.14. The van der Waals surface area contributed by atoms with Gasteiger partial charge < -0.3 is 0 Å². The van der Waals surface area contributed by atoms with E-state index in [0.29, 0.717) is 5.92 Å². The van der Waals surface area contributed by atoms with E-state index in [1.165, 1.54) is 27.8 Å². The molecule has 1 atom stereocenters. The van der Waals surface area contributed by atoms with Gasteiger partial charge in [0.1, 0.15) is 0 Å². The smallest absolute Gasteiger partial charge is 0.0175 e. The first-order chi connectivity index (χ1) is 12.3. The van der Waals surface area contributed by atoms with Crippen LogP contribution in [-0.2, 0) is 12.8 Å². The van der Waals surface area contributed by atoms with Crippen molar-refractivity contribution in [3.05, 3.63) is 99.0 Å². The van der Waals surface area contributed by atoms with Gasteiger partial charge in [0.05, 0.1) is 0 Å². The molecule has 5 rings (SSSR count). The van der Waals surface area contributed by atoms with Gasteiger partial charge in [-0.15, -0.1) is 0 Å². The molecule has 0 spiro atoms. The molecule has 0 saturated heterocycles. The molecule has 122 valence electrons. The van der Waals surface area contributed by atoms with Crippen LogP contribution in [0.2, 0.25) is 0 Å². The summed E-state index contributed by atoms with van der Waals surface area (Å²) in [6, 6.07) is 22.4. The van der Waals surface area contributed by atoms with Gasteiger partial charge in [-0.05, 0) is 70.3 Å². The Kier molecular flexibility index (Phi) is 3.64. The van der Waals surface area contributed by atoms with Gasteiger partial charge in [-0.2, -0.15) is 0 Å². The van der Waals surface area contributed by atoms with Crippen LogP contribution < -0.4 is 0 Å². The summed E-state index contributed by atoms with van der Waals surface area (Å²) in [6.45, 7) is 0. The highest BCUT2D eigenvalue weighted by Gasteiger charge is 2.26. The summed E-state index contributed by atoms with van der Waals surface area (Å²) in [6.07, 6.45) is 8.03. The second-order valence-corrected chi connectivity index (χ2v) is 7.91. The molecule has 1 heteroatoms. The van der Waals surface area contributed by atoms with Gasteiger partial charge in [-0.1, -0.05) is 76.6 Å². The molecular weight excluding hydrogens is 368 g/mol. The molecule has 0 bridgehead atoms. The Morgan fingerprint density at radius 2 is 1.64 bits per heavy atom. The largest absolute Gasteiger partial charge is 0.0830 e. The van der Waals surface area contributed by atoms with Crippen LogP contribution in [0.25, 0.3) is 17.2 Å². The molecule has 0 radical (unpaired) electrons. The van der Waals surface area contributed by atoms with Crippen molar-refractivity contribution in [1.29, 1.82) is 0 Å². The van der Waals surface area contributed by atoms with E-state index in [-0.39, 0.29) is 0 Å². The molecule has 0 fully saturated rings. The average Bonchev–Trinajstić information content (AvgIpc) is 2.67. The van der Waals surface area contributed by atoms with E-state index in [1.54, 1.807) is 11.1 Å². The molecule has 2 aliphatic carbocycles. The Morgan fingerprint density at radius 1 is 0.800 bits per heavy atom. The first-order valence-corrected chi connectivity index (χ1v) is 9.76. The van der Waals surface area contributed by atoms with Crippen molar-refractivity contribution >= 4 is 22.0 Å². The third-order valence-corrected chi connectivity index (χ3v) is 6.16. The Hall–Kier alpha value is -2.12. The van der Waals surface area contributed by atoms with E-state index in [9.17, 15) is 0 Å². The second kappa shape index (κ2) is 6.00. The normalized spacial score (nSPS) is 17.6. The minimum atomic E-state index is 0.466. The zero-order valence-electron chi connectivity index (χ0n) is 14.0. The van der Waals surface area contributed by atoms with Gasteiger partial charge in [-0.3, -0.25) is 0 Å². The topological polar surface area (TPSA) is 0 Å². The molecule has 2 aliphatic rings. The summed E-state index contributed by atoms with van der Waals surface area (Å²) in [5.41, 5.74) is 10.3. The van der Waals surface area contributed by atoms with E-state index < -0.39 is 0 Å². The van der Waals surface area contributed by atoms with Crippen molar-refractivity contribution < 1.29 is 0 Å². The second-order valence-electron chi connectivity index (χ2n) is 6.99. The van der Waals surface area contributed by atoms with Gasteiger partial charge in [-0.25, -0.2) is 0 Å². The summed E-state index contributed by atoms with van der Waals surface area (Å²) in [5.74, 6) is 0.466. The quantitative estimate of drug-likeness (QED) is 0.433. The highest BCUT2D eigenvalue weighted by molar-refractivity contribution is 9.10. The maximum Gasteiger partial charge on any atom is 0.0175 e. The molecule has 0 heterocycles. The number of allylic oxidation sites excluding steroid dienone is 1. The fraction of sp³-hybridized carbons (Fsp3) is 0.167. The van der Waals surface area contributed by atoms with Crippen molar-refractivity contribution in [2.75, 3.05) is 0 Å². The van der Waals surface area contributed by atoms with Crippen molar-refractivity contribution in [3.8, 4) is 11.1 Å². The van der Waals surface area contributed by atoms with Crippen LogP contribution in [0, 0.1) is 0 Å². The molecule has 0 N–H and O–H groups in total. The molecule has 0 nitrogen and oxygen atoms in total. The molecular formula is C24H19Br. The highest BCUT2D eigenvalue weighted by Crippen LogP contribution is 2.44. The van der Waals surface area contributed by atoms with Crippen LogP contribution in [-0.4, -0.2) is 0 Å². The molecule has 0 aromatic heterocycles. The lowest BCUT2D eigenvalue weighted by Gasteiger charge is -2.30. The Bertz CT molecular complexity index is 979. The third-order valence-electron chi connectivity index (χ3n) is 5.63. The minimum Gasteiger partial charge on any atom is -0.0830 e. The van der Waals surface area contributed by atoms with E-state index >= 15 is 0 Å². The summed E-state index contributed by atoms with van der Waals surface area (Å²) in [7, 11) is 0. The van der Waals surface area contributed by atoms with Gasteiger partial charge >= 0.3 is 0 Å². The monoisotopic (exact) mass is 386 g/mol. The summed E-state index contributed by atoms with van der Waals surface area (Å²) in [4.78, 5) is 0. The van der Waals surface area contributed by atoms with Gasteiger partial charge in [0.2, 0.25) is 0 Å². The number of rotatable bonds is 1. The van der Waals surface area contributed by atoms with Crippen LogP contribution in [0.4, 0.5) is 0 Å². The van der Waals surface area contributed by atoms with Crippen LogP contribution in [0.15, 0.2) is 71.2 Å². The lowest BCUT2D eigenvalue weighted by molar-refractivity contribution is 0.790. The highest BCUT2D eigenvalue weighted by atomic mass is 79.9. The number of hydrogen-bond donors (Lipinski definition) is 0. The van der Waals surface area contributed by atoms with E-state index in [1.807, 2.05) is 0 Å². The average molecular weight is 387 g/mol. The standard InChI is InChI=1S/C24H19Br/c25-19-12-8-17(9-13-19)21-7-3-5-18-11-14-22-20-6-2-1-4-16(20)10-15-23(22)24(18)21/h1-6,8-9,11-14,21H,7,10,15H2. The predicted octanol–water partition coefficient (Wildman–Crippen LogP) is 6.76. The minimum absolute atomic E-state index is 0.466. The Morgan fingerprint density at radius 3 is 2.52 bits per heavy atom. The molecule has 0 aliphatic heterocycles. The van der Waals surface area contributed by atoms with Gasteiger partial charge in [0, 0.05) is 10.4 Å². The summed E-state index contributed by atoms with van der Waals surface area (Å²) >= 11 is 3.57. The van der Waals surface area contributed by atoms with E-state index in [0.717, 1.165) is 23.7 Å². The zero-order valence-corrected chi connectivity index (χ0v) is 15.6. The number of benzene rings is 3. The molecule has 0 amide bonds. The van der Waals surface area contributed by atoms with Crippen molar-refractivity contribution in [3.63, 3.8) is 0 Å². The van der Waals surface area contributed by atoms with Crippen LogP contribution in [0.1, 0.15) is 40.2 Å². The fourth-order valence-corrected chi connectivity index (χ4v) is 4.73.